The number of amides is 5. The van der Waals surface area contributed by atoms with Gasteiger partial charge in [0.1, 0.15) is 12.1 Å². The normalized spacial score (nSPS) is 24.0. The van der Waals surface area contributed by atoms with Gasteiger partial charge in [-0.05, 0) is 20.3 Å². The number of likely N-dealkylation sites (tertiary alicyclic amines) is 1. The number of carbonyl (C=O) groups excluding carboxylic acids is 4. The molecule has 0 unspecified atom stereocenters. The van der Waals surface area contributed by atoms with Gasteiger partial charge in [0, 0.05) is 19.5 Å². The number of rotatable bonds is 5. The third-order valence-electron chi connectivity index (χ3n) is 3.82. The molecule has 8 nitrogen and oxygen atoms in total. The minimum absolute atomic E-state index is 0.0169. The summed E-state index contributed by atoms with van der Waals surface area (Å²) < 4.78 is 0. The average molecular weight is 310 g/mol. The molecule has 1 atom stereocenters. The molecule has 0 spiro atoms. The molecule has 0 saturated carbocycles. The zero-order valence-corrected chi connectivity index (χ0v) is 13.1. The number of urea groups is 1. The molecule has 2 aliphatic rings. The van der Waals surface area contributed by atoms with Crippen LogP contribution in [-0.4, -0.2) is 64.8 Å². The van der Waals surface area contributed by atoms with Crippen LogP contribution in [0.5, 0.6) is 0 Å². The zero-order valence-electron chi connectivity index (χ0n) is 13.1. The smallest absolute Gasteiger partial charge is 0.325 e. The van der Waals surface area contributed by atoms with Crippen LogP contribution in [-0.2, 0) is 14.4 Å². The van der Waals surface area contributed by atoms with Crippen molar-refractivity contribution in [3.05, 3.63) is 0 Å². The quantitative estimate of drug-likeness (QED) is 0.665. The summed E-state index contributed by atoms with van der Waals surface area (Å²) in [5.41, 5.74) is -0.987. The third kappa shape index (κ3) is 3.20. The second-order valence-electron chi connectivity index (χ2n) is 6.25. The van der Waals surface area contributed by atoms with E-state index in [-0.39, 0.29) is 24.9 Å². The fraction of sp³-hybridized carbons (Fsp3) is 0.714. The van der Waals surface area contributed by atoms with E-state index in [4.69, 9.17) is 0 Å². The van der Waals surface area contributed by atoms with Crippen LogP contribution in [0.1, 0.15) is 33.6 Å². The van der Waals surface area contributed by atoms with E-state index in [1.165, 1.54) is 0 Å². The van der Waals surface area contributed by atoms with E-state index in [1.807, 2.05) is 6.92 Å². The van der Waals surface area contributed by atoms with E-state index in [2.05, 4.69) is 10.6 Å². The summed E-state index contributed by atoms with van der Waals surface area (Å²) in [7, 11) is 0. The van der Waals surface area contributed by atoms with Crippen molar-refractivity contribution in [2.24, 2.45) is 0 Å². The Labute approximate surface area is 129 Å². The SMILES string of the molecule is CCCN1C[C@H](NC(=O)CN2C(=O)NC(C)(C)C2=O)CC1=O. The molecule has 0 aromatic rings. The number of hydrogen-bond donors (Lipinski definition) is 2. The molecule has 2 heterocycles. The van der Waals surface area contributed by atoms with Gasteiger partial charge in [0.05, 0.1) is 6.04 Å². The van der Waals surface area contributed by atoms with Crippen molar-refractivity contribution in [2.45, 2.75) is 45.2 Å². The first-order valence-electron chi connectivity index (χ1n) is 7.46. The molecular formula is C14H22N4O4. The fourth-order valence-electron chi connectivity index (χ4n) is 2.73. The van der Waals surface area contributed by atoms with Crippen molar-refractivity contribution in [3.63, 3.8) is 0 Å². The van der Waals surface area contributed by atoms with Crippen LogP contribution in [0.4, 0.5) is 4.79 Å². The molecule has 0 bridgehead atoms. The maximum absolute atomic E-state index is 12.0. The molecular weight excluding hydrogens is 288 g/mol. The number of nitrogens with zero attached hydrogens (tertiary/aromatic N) is 2. The average Bonchev–Trinajstić information content (AvgIpc) is 2.83. The van der Waals surface area contributed by atoms with Gasteiger partial charge < -0.3 is 15.5 Å². The van der Waals surface area contributed by atoms with Crippen molar-refractivity contribution in [1.29, 1.82) is 0 Å². The highest BCUT2D eigenvalue weighted by atomic mass is 16.2. The highest BCUT2D eigenvalue weighted by Gasteiger charge is 2.45. The van der Waals surface area contributed by atoms with Gasteiger partial charge >= 0.3 is 6.03 Å². The Balaban J connectivity index is 1.88. The van der Waals surface area contributed by atoms with E-state index >= 15 is 0 Å². The Morgan fingerprint density at radius 2 is 2.05 bits per heavy atom. The molecule has 0 aliphatic carbocycles. The summed E-state index contributed by atoms with van der Waals surface area (Å²) in [6, 6.07) is -0.833. The van der Waals surface area contributed by atoms with E-state index in [9.17, 15) is 19.2 Å². The topological polar surface area (TPSA) is 98.8 Å². The van der Waals surface area contributed by atoms with Crippen LogP contribution in [0.15, 0.2) is 0 Å². The first-order chi connectivity index (χ1) is 10.2. The second kappa shape index (κ2) is 5.94. The molecule has 2 fully saturated rings. The Morgan fingerprint density at radius 1 is 1.36 bits per heavy atom. The predicted octanol–water partition coefficient (Wildman–Crippen LogP) is -0.556. The number of imide groups is 1. The van der Waals surface area contributed by atoms with Gasteiger partial charge in [0.25, 0.3) is 5.91 Å². The van der Waals surface area contributed by atoms with Crippen LogP contribution >= 0.6 is 0 Å². The summed E-state index contributed by atoms with van der Waals surface area (Å²) in [5, 5.41) is 5.24. The van der Waals surface area contributed by atoms with Crippen molar-refractivity contribution >= 4 is 23.8 Å². The predicted molar refractivity (Wildman–Crippen MR) is 77.7 cm³/mol. The number of hydrogen-bond acceptors (Lipinski definition) is 4. The lowest BCUT2D eigenvalue weighted by atomic mass is 10.1. The third-order valence-corrected chi connectivity index (χ3v) is 3.82. The van der Waals surface area contributed by atoms with E-state index < -0.39 is 23.4 Å². The number of nitrogens with one attached hydrogen (secondary N) is 2. The van der Waals surface area contributed by atoms with Gasteiger partial charge in [0.15, 0.2) is 0 Å². The van der Waals surface area contributed by atoms with Gasteiger partial charge in [-0.3, -0.25) is 19.3 Å². The Hall–Kier alpha value is -2.12. The van der Waals surface area contributed by atoms with Crippen LogP contribution in [0.2, 0.25) is 0 Å². The van der Waals surface area contributed by atoms with Crippen molar-refractivity contribution in [1.82, 2.24) is 20.4 Å². The van der Waals surface area contributed by atoms with E-state index in [1.54, 1.807) is 18.7 Å². The standard InChI is InChI=1S/C14H22N4O4/c1-4-5-17-7-9(6-11(17)20)15-10(19)8-18-12(21)14(2,3)16-13(18)22/h9H,4-8H2,1-3H3,(H,15,19)(H,16,22)/t9-/m1/s1. The highest BCUT2D eigenvalue weighted by molar-refractivity contribution is 6.08. The molecule has 122 valence electrons. The molecule has 0 aromatic carbocycles. The first-order valence-corrected chi connectivity index (χ1v) is 7.46. The van der Waals surface area contributed by atoms with Gasteiger partial charge in [-0.1, -0.05) is 6.92 Å². The van der Waals surface area contributed by atoms with E-state index in [0.29, 0.717) is 13.1 Å². The molecule has 5 amide bonds. The maximum atomic E-state index is 12.0. The zero-order chi connectivity index (χ0) is 16.5. The Kier molecular flexibility index (Phi) is 4.39. The van der Waals surface area contributed by atoms with Gasteiger partial charge in [-0.25, -0.2) is 4.79 Å². The molecule has 2 saturated heterocycles. The Bertz CT molecular complexity index is 517. The molecule has 0 radical (unpaired) electrons. The highest BCUT2D eigenvalue weighted by Crippen LogP contribution is 2.16. The summed E-state index contributed by atoms with van der Waals surface area (Å²) >= 11 is 0. The molecule has 2 aliphatic heterocycles. The largest absolute Gasteiger partial charge is 0.350 e. The molecule has 22 heavy (non-hydrogen) atoms. The molecule has 2 N–H and O–H groups in total. The molecule has 8 heteroatoms. The van der Waals surface area contributed by atoms with Gasteiger partial charge in [-0.2, -0.15) is 0 Å². The minimum Gasteiger partial charge on any atom is -0.350 e. The van der Waals surface area contributed by atoms with Crippen molar-refractivity contribution < 1.29 is 19.2 Å². The fourth-order valence-corrected chi connectivity index (χ4v) is 2.73. The van der Waals surface area contributed by atoms with Gasteiger partial charge in [-0.15, -0.1) is 0 Å². The lowest BCUT2D eigenvalue weighted by Crippen LogP contribution is -2.46. The summed E-state index contributed by atoms with van der Waals surface area (Å²) in [6.45, 7) is 5.98. The van der Waals surface area contributed by atoms with Crippen LogP contribution in [0, 0.1) is 0 Å². The minimum atomic E-state index is -0.987. The Morgan fingerprint density at radius 3 is 2.59 bits per heavy atom. The van der Waals surface area contributed by atoms with Crippen molar-refractivity contribution in [3.8, 4) is 0 Å². The molecule has 2 rings (SSSR count). The van der Waals surface area contributed by atoms with Crippen molar-refractivity contribution in [2.75, 3.05) is 19.6 Å². The summed E-state index contributed by atoms with van der Waals surface area (Å²) in [5.74, 6) is -0.844. The maximum Gasteiger partial charge on any atom is 0.325 e. The van der Waals surface area contributed by atoms with Gasteiger partial charge in [0.2, 0.25) is 11.8 Å². The molecule has 0 aromatic heterocycles. The van der Waals surface area contributed by atoms with E-state index in [0.717, 1.165) is 11.3 Å². The van der Waals surface area contributed by atoms with Crippen LogP contribution in [0.3, 0.4) is 0 Å². The monoisotopic (exact) mass is 310 g/mol. The summed E-state index contributed by atoms with van der Waals surface area (Å²) in [6.07, 6.45) is 1.13. The first kappa shape index (κ1) is 16.3. The second-order valence-corrected chi connectivity index (χ2v) is 6.25. The lowest BCUT2D eigenvalue weighted by molar-refractivity contribution is -0.134. The lowest BCUT2D eigenvalue weighted by Gasteiger charge is -2.18. The summed E-state index contributed by atoms with van der Waals surface area (Å²) in [4.78, 5) is 50.1. The number of carbonyl (C=O) groups is 4. The van der Waals surface area contributed by atoms with Crippen LogP contribution in [0.25, 0.3) is 0 Å². The van der Waals surface area contributed by atoms with Crippen LogP contribution < -0.4 is 10.6 Å².